The first-order valence-corrected chi connectivity index (χ1v) is 6.16. The van der Waals surface area contributed by atoms with Crippen LogP contribution in [0.2, 0.25) is 0 Å². The third-order valence-corrected chi connectivity index (χ3v) is 3.55. The van der Waals surface area contributed by atoms with E-state index in [1.54, 1.807) is 22.7 Å². The van der Waals surface area contributed by atoms with Gasteiger partial charge < -0.3 is 10.4 Å². The van der Waals surface area contributed by atoms with Crippen molar-refractivity contribution in [3.05, 3.63) is 39.2 Å². The summed E-state index contributed by atoms with van der Waals surface area (Å²) in [7, 11) is 0. The Morgan fingerprint density at radius 2 is 2.29 bits per heavy atom. The molecular formula is C10H11NOS2. The molecule has 1 unspecified atom stereocenters. The van der Waals surface area contributed by atoms with E-state index in [1.807, 2.05) is 34.3 Å². The summed E-state index contributed by atoms with van der Waals surface area (Å²) in [6.07, 6.45) is -0.408. The molecule has 2 N–H and O–H groups in total. The first-order valence-electron chi connectivity index (χ1n) is 4.34. The maximum Gasteiger partial charge on any atom is 0.105 e. The Morgan fingerprint density at radius 1 is 1.36 bits per heavy atom. The highest BCUT2D eigenvalue weighted by molar-refractivity contribution is 7.10. The van der Waals surface area contributed by atoms with Crippen LogP contribution in [0.5, 0.6) is 0 Å². The largest absolute Gasteiger partial charge is 0.386 e. The third-order valence-electron chi connectivity index (χ3n) is 1.89. The molecule has 0 radical (unpaired) electrons. The Balaban J connectivity index is 1.87. The molecule has 0 fully saturated rings. The van der Waals surface area contributed by atoms with Gasteiger partial charge in [0.25, 0.3) is 0 Å². The molecule has 4 heteroatoms. The Morgan fingerprint density at radius 3 is 2.93 bits per heavy atom. The molecule has 0 aliphatic heterocycles. The van der Waals surface area contributed by atoms with E-state index in [0.29, 0.717) is 6.54 Å². The van der Waals surface area contributed by atoms with Crippen LogP contribution in [0.3, 0.4) is 0 Å². The summed E-state index contributed by atoms with van der Waals surface area (Å²) in [5.74, 6) is 0. The molecular weight excluding hydrogens is 214 g/mol. The second kappa shape index (κ2) is 4.59. The smallest absolute Gasteiger partial charge is 0.105 e. The Kier molecular flexibility index (Phi) is 3.18. The van der Waals surface area contributed by atoms with Crippen molar-refractivity contribution in [2.45, 2.75) is 6.10 Å². The fourth-order valence-corrected chi connectivity index (χ4v) is 2.49. The molecule has 0 aliphatic rings. The lowest BCUT2D eigenvalue weighted by molar-refractivity contribution is 0.195. The van der Waals surface area contributed by atoms with Crippen molar-refractivity contribution in [2.75, 3.05) is 11.9 Å². The van der Waals surface area contributed by atoms with Crippen molar-refractivity contribution in [3.8, 4) is 0 Å². The minimum Gasteiger partial charge on any atom is -0.386 e. The van der Waals surface area contributed by atoms with Crippen molar-refractivity contribution in [2.24, 2.45) is 0 Å². The summed E-state index contributed by atoms with van der Waals surface area (Å²) < 4.78 is 0. The van der Waals surface area contributed by atoms with E-state index in [9.17, 15) is 5.11 Å². The molecule has 0 amide bonds. The van der Waals surface area contributed by atoms with E-state index in [0.717, 1.165) is 10.6 Å². The minimum absolute atomic E-state index is 0.408. The maximum atomic E-state index is 9.76. The van der Waals surface area contributed by atoms with Gasteiger partial charge in [0, 0.05) is 22.5 Å². The van der Waals surface area contributed by atoms with Crippen LogP contribution in [0.4, 0.5) is 5.69 Å². The fourth-order valence-electron chi connectivity index (χ4n) is 1.16. The number of hydrogen-bond acceptors (Lipinski definition) is 4. The predicted octanol–water partition coefficient (Wildman–Crippen LogP) is 2.96. The lowest BCUT2D eigenvalue weighted by Gasteiger charge is -2.09. The monoisotopic (exact) mass is 225 g/mol. The second-order valence-electron chi connectivity index (χ2n) is 2.92. The first kappa shape index (κ1) is 9.71. The first-order chi connectivity index (χ1) is 6.86. The van der Waals surface area contributed by atoms with Crippen LogP contribution in [-0.2, 0) is 0 Å². The zero-order valence-corrected chi connectivity index (χ0v) is 9.15. The average Bonchev–Trinajstić information content (AvgIpc) is 2.87. The van der Waals surface area contributed by atoms with Gasteiger partial charge in [0.05, 0.1) is 0 Å². The quantitative estimate of drug-likeness (QED) is 0.838. The molecule has 2 rings (SSSR count). The average molecular weight is 225 g/mol. The zero-order valence-electron chi connectivity index (χ0n) is 7.51. The third kappa shape index (κ3) is 2.35. The molecule has 0 aliphatic carbocycles. The van der Waals surface area contributed by atoms with Crippen LogP contribution in [0.25, 0.3) is 0 Å². The number of nitrogens with one attached hydrogen (secondary N) is 1. The molecule has 0 bridgehead atoms. The number of aliphatic hydroxyl groups excluding tert-OH is 1. The number of hydrogen-bond donors (Lipinski definition) is 2. The van der Waals surface area contributed by atoms with Crippen LogP contribution in [-0.4, -0.2) is 11.7 Å². The lowest BCUT2D eigenvalue weighted by Crippen LogP contribution is -2.10. The van der Waals surface area contributed by atoms with Gasteiger partial charge in [0.15, 0.2) is 0 Å². The number of thiophene rings is 2. The second-order valence-corrected chi connectivity index (χ2v) is 4.68. The maximum absolute atomic E-state index is 9.76. The van der Waals surface area contributed by atoms with Gasteiger partial charge in [-0.3, -0.25) is 0 Å². The van der Waals surface area contributed by atoms with Gasteiger partial charge in [0.1, 0.15) is 6.10 Å². The van der Waals surface area contributed by atoms with Gasteiger partial charge in [-0.15, -0.1) is 11.3 Å². The molecule has 0 spiro atoms. The number of aliphatic hydroxyl groups is 1. The van der Waals surface area contributed by atoms with Crippen molar-refractivity contribution in [3.63, 3.8) is 0 Å². The molecule has 2 heterocycles. The van der Waals surface area contributed by atoms with Crippen LogP contribution < -0.4 is 5.32 Å². The molecule has 2 aromatic rings. The standard InChI is InChI=1S/C10H11NOS2/c12-9(10-2-1-4-14-10)6-11-8-3-5-13-7-8/h1-5,7,9,11-12H,6H2. The van der Waals surface area contributed by atoms with Crippen molar-refractivity contribution in [1.29, 1.82) is 0 Å². The molecule has 2 nitrogen and oxygen atoms in total. The minimum atomic E-state index is -0.408. The van der Waals surface area contributed by atoms with E-state index in [1.165, 1.54) is 0 Å². The normalized spacial score (nSPS) is 12.6. The highest BCUT2D eigenvalue weighted by Gasteiger charge is 2.07. The predicted molar refractivity (Wildman–Crippen MR) is 62.1 cm³/mol. The summed E-state index contributed by atoms with van der Waals surface area (Å²) in [6.45, 7) is 0.567. The molecule has 0 saturated carbocycles. The van der Waals surface area contributed by atoms with E-state index in [-0.39, 0.29) is 0 Å². The van der Waals surface area contributed by atoms with Crippen molar-refractivity contribution < 1.29 is 5.11 Å². The molecule has 0 aromatic carbocycles. The van der Waals surface area contributed by atoms with E-state index >= 15 is 0 Å². The van der Waals surface area contributed by atoms with Gasteiger partial charge >= 0.3 is 0 Å². The Hall–Kier alpha value is -0.840. The van der Waals surface area contributed by atoms with Crippen LogP contribution in [0.1, 0.15) is 11.0 Å². The van der Waals surface area contributed by atoms with Gasteiger partial charge in [-0.2, -0.15) is 11.3 Å². The van der Waals surface area contributed by atoms with E-state index in [4.69, 9.17) is 0 Å². The van der Waals surface area contributed by atoms with Gasteiger partial charge in [-0.05, 0) is 22.9 Å². The van der Waals surface area contributed by atoms with Gasteiger partial charge in [-0.1, -0.05) is 6.07 Å². The molecule has 14 heavy (non-hydrogen) atoms. The van der Waals surface area contributed by atoms with Crippen molar-refractivity contribution >= 4 is 28.4 Å². The highest BCUT2D eigenvalue weighted by Crippen LogP contribution is 2.20. The summed E-state index contributed by atoms with van der Waals surface area (Å²) in [6, 6.07) is 5.91. The molecule has 0 saturated heterocycles. The zero-order chi connectivity index (χ0) is 9.80. The molecule has 1 atom stereocenters. The summed E-state index contributed by atoms with van der Waals surface area (Å²) in [5, 5.41) is 19.0. The van der Waals surface area contributed by atoms with Crippen LogP contribution in [0.15, 0.2) is 34.3 Å². The molecule has 74 valence electrons. The lowest BCUT2D eigenvalue weighted by atomic mass is 10.3. The summed E-state index contributed by atoms with van der Waals surface area (Å²) in [4.78, 5) is 1.01. The summed E-state index contributed by atoms with van der Waals surface area (Å²) >= 11 is 3.23. The van der Waals surface area contributed by atoms with E-state index < -0.39 is 6.10 Å². The summed E-state index contributed by atoms with van der Waals surface area (Å²) in [5.41, 5.74) is 1.07. The van der Waals surface area contributed by atoms with Gasteiger partial charge in [0.2, 0.25) is 0 Å². The SMILES string of the molecule is OC(CNc1ccsc1)c1cccs1. The van der Waals surface area contributed by atoms with Crippen LogP contribution in [0, 0.1) is 0 Å². The Labute approximate surface area is 90.8 Å². The van der Waals surface area contributed by atoms with Gasteiger partial charge in [-0.25, -0.2) is 0 Å². The van der Waals surface area contributed by atoms with Crippen LogP contribution >= 0.6 is 22.7 Å². The van der Waals surface area contributed by atoms with E-state index in [2.05, 4.69) is 5.32 Å². The topological polar surface area (TPSA) is 32.3 Å². The Bertz CT molecular complexity index is 355. The van der Waals surface area contributed by atoms with Crippen molar-refractivity contribution in [1.82, 2.24) is 0 Å². The number of rotatable bonds is 4. The molecule has 2 aromatic heterocycles. The number of anilines is 1. The fraction of sp³-hybridized carbons (Fsp3) is 0.200. The highest BCUT2D eigenvalue weighted by atomic mass is 32.1.